The first-order valence-corrected chi connectivity index (χ1v) is 8.59. The monoisotopic (exact) mass is 384 g/mol. The van der Waals surface area contributed by atoms with Crippen molar-refractivity contribution < 1.29 is 9.72 Å². The van der Waals surface area contributed by atoms with Gasteiger partial charge in [-0.3, -0.25) is 14.9 Å². The Hall–Kier alpha value is -3.19. The summed E-state index contributed by atoms with van der Waals surface area (Å²) in [4.78, 5) is 26.3. The molecule has 2 aromatic carbocycles. The summed E-state index contributed by atoms with van der Waals surface area (Å²) in [5.41, 5.74) is 1.82. The second-order valence-electron chi connectivity index (χ2n) is 6.07. The van der Waals surface area contributed by atoms with Gasteiger partial charge in [-0.2, -0.15) is 0 Å². The summed E-state index contributed by atoms with van der Waals surface area (Å²) < 4.78 is 1.94. The summed E-state index contributed by atoms with van der Waals surface area (Å²) in [6, 6.07) is 12.2. The van der Waals surface area contributed by atoms with Crippen LogP contribution in [0.1, 0.15) is 24.1 Å². The summed E-state index contributed by atoms with van der Waals surface area (Å²) in [6.45, 7) is 1.31. The van der Waals surface area contributed by atoms with Crippen molar-refractivity contribution >= 4 is 28.9 Å². The predicted octanol–water partition coefficient (Wildman–Crippen LogP) is 4.24. The summed E-state index contributed by atoms with van der Waals surface area (Å²) in [7, 11) is 0. The Morgan fingerprint density at radius 1 is 1.30 bits per heavy atom. The van der Waals surface area contributed by atoms with Crippen LogP contribution >= 0.6 is 11.6 Å². The van der Waals surface area contributed by atoms with Gasteiger partial charge in [0.15, 0.2) is 0 Å². The minimum atomic E-state index is -0.497. The van der Waals surface area contributed by atoms with Crippen LogP contribution in [-0.4, -0.2) is 20.4 Å². The lowest BCUT2D eigenvalue weighted by molar-refractivity contribution is -0.384. The molecule has 7 nitrogen and oxygen atoms in total. The molecule has 1 heterocycles. The number of imidazole rings is 1. The van der Waals surface area contributed by atoms with E-state index < -0.39 is 4.92 Å². The van der Waals surface area contributed by atoms with Crippen molar-refractivity contribution in [3.8, 4) is 0 Å². The number of benzene rings is 2. The Balaban J connectivity index is 1.96. The average molecular weight is 385 g/mol. The number of halogens is 1. The van der Waals surface area contributed by atoms with Gasteiger partial charge < -0.3 is 9.88 Å². The fraction of sp³-hybridized carbons (Fsp3) is 0.158. The molecule has 0 bridgehead atoms. The van der Waals surface area contributed by atoms with Gasteiger partial charge in [-0.1, -0.05) is 29.8 Å². The van der Waals surface area contributed by atoms with Crippen molar-refractivity contribution in [1.29, 1.82) is 0 Å². The van der Waals surface area contributed by atoms with Gasteiger partial charge in [0.1, 0.15) is 5.69 Å². The number of carbonyl (C=O) groups is 1. The van der Waals surface area contributed by atoms with Crippen molar-refractivity contribution in [2.45, 2.75) is 19.4 Å². The molecule has 27 heavy (non-hydrogen) atoms. The second-order valence-corrected chi connectivity index (χ2v) is 6.51. The molecule has 1 aromatic heterocycles. The largest absolute Gasteiger partial charge is 0.330 e. The van der Waals surface area contributed by atoms with Crippen LogP contribution in [0, 0.1) is 10.1 Å². The van der Waals surface area contributed by atoms with E-state index in [2.05, 4.69) is 10.3 Å². The topological polar surface area (TPSA) is 90.1 Å². The van der Waals surface area contributed by atoms with E-state index in [1.54, 1.807) is 24.7 Å². The summed E-state index contributed by atoms with van der Waals surface area (Å²) in [6.07, 6.45) is 5.75. The molecule has 0 aliphatic carbocycles. The maximum atomic E-state index is 11.4. The Labute approximate surface area is 160 Å². The highest BCUT2D eigenvalue weighted by atomic mass is 35.5. The highest BCUT2D eigenvalue weighted by molar-refractivity contribution is 6.30. The maximum absolute atomic E-state index is 11.4. The molecule has 1 amide bonds. The standard InChI is InChI=1S/C19H17ClN4O3/c1-13(25)22-17-7-2-14(11-19(17)24(26)27)10-18(23-9-8-21-12-23)15-3-5-16(20)6-4-15/h2-9,11-12,18H,10H2,1H3,(H,22,25). The van der Waals surface area contributed by atoms with Crippen LogP contribution in [0.5, 0.6) is 0 Å². The molecule has 0 saturated heterocycles. The number of hydrogen-bond acceptors (Lipinski definition) is 4. The van der Waals surface area contributed by atoms with E-state index in [0.717, 1.165) is 11.1 Å². The van der Waals surface area contributed by atoms with E-state index in [1.807, 2.05) is 35.0 Å². The third-order valence-corrected chi connectivity index (χ3v) is 4.39. The van der Waals surface area contributed by atoms with Gasteiger partial charge in [0.25, 0.3) is 5.69 Å². The minimum absolute atomic E-state index is 0.101. The van der Waals surface area contributed by atoms with Crippen LogP contribution in [0.25, 0.3) is 0 Å². The van der Waals surface area contributed by atoms with Crippen LogP contribution in [-0.2, 0) is 11.2 Å². The number of anilines is 1. The zero-order chi connectivity index (χ0) is 19.4. The number of aromatic nitrogens is 2. The third kappa shape index (κ3) is 4.51. The van der Waals surface area contributed by atoms with E-state index in [9.17, 15) is 14.9 Å². The average Bonchev–Trinajstić information content (AvgIpc) is 3.15. The van der Waals surface area contributed by atoms with Crippen molar-refractivity contribution in [3.63, 3.8) is 0 Å². The fourth-order valence-electron chi connectivity index (χ4n) is 2.91. The van der Waals surface area contributed by atoms with Crippen LogP contribution < -0.4 is 5.32 Å². The number of nitro benzene ring substituents is 1. The number of rotatable bonds is 6. The molecule has 1 atom stereocenters. The van der Waals surface area contributed by atoms with Crippen molar-refractivity contribution in [2.24, 2.45) is 0 Å². The minimum Gasteiger partial charge on any atom is -0.330 e. The third-order valence-electron chi connectivity index (χ3n) is 4.14. The molecular formula is C19H17ClN4O3. The number of hydrogen-bond donors (Lipinski definition) is 1. The van der Waals surface area contributed by atoms with Crippen LogP contribution in [0.15, 0.2) is 61.2 Å². The molecule has 0 saturated carbocycles. The molecule has 3 aromatic rings. The normalized spacial score (nSPS) is 11.8. The Bertz CT molecular complexity index is 956. The van der Waals surface area contributed by atoms with E-state index >= 15 is 0 Å². The summed E-state index contributed by atoms with van der Waals surface area (Å²) in [5, 5.41) is 14.5. The smallest absolute Gasteiger partial charge is 0.293 e. The molecule has 1 N–H and O–H groups in total. The van der Waals surface area contributed by atoms with Gasteiger partial charge in [-0.15, -0.1) is 0 Å². The first-order valence-electron chi connectivity index (χ1n) is 8.22. The molecule has 0 fully saturated rings. The van der Waals surface area contributed by atoms with Crippen LogP contribution in [0.2, 0.25) is 5.02 Å². The van der Waals surface area contributed by atoms with Gasteiger partial charge in [0.2, 0.25) is 5.91 Å². The molecular weight excluding hydrogens is 368 g/mol. The molecule has 0 radical (unpaired) electrons. The lowest BCUT2D eigenvalue weighted by Crippen LogP contribution is -2.13. The quantitative estimate of drug-likeness (QED) is 0.508. The van der Waals surface area contributed by atoms with E-state index in [1.165, 1.54) is 13.0 Å². The van der Waals surface area contributed by atoms with Crippen molar-refractivity contribution in [3.05, 3.63) is 87.4 Å². The van der Waals surface area contributed by atoms with Gasteiger partial charge >= 0.3 is 0 Å². The van der Waals surface area contributed by atoms with Crippen LogP contribution in [0.3, 0.4) is 0 Å². The zero-order valence-corrected chi connectivity index (χ0v) is 15.3. The summed E-state index contributed by atoms with van der Waals surface area (Å²) >= 11 is 5.99. The molecule has 0 aliphatic heterocycles. The van der Waals surface area contributed by atoms with E-state index in [4.69, 9.17) is 11.6 Å². The lowest BCUT2D eigenvalue weighted by Gasteiger charge is -2.19. The molecule has 0 aliphatic rings. The van der Waals surface area contributed by atoms with Crippen LogP contribution in [0.4, 0.5) is 11.4 Å². The number of amides is 1. The number of nitro groups is 1. The predicted molar refractivity (Wildman–Crippen MR) is 103 cm³/mol. The Morgan fingerprint density at radius 3 is 2.63 bits per heavy atom. The SMILES string of the molecule is CC(=O)Nc1ccc(CC(c2ccc(Cl)cc2)n2ccnc2)cc1[N+](=O)[O-]. The Kier molecular flexibility index (Phi) is 5.52. The highest BCUT2D eigenvalue weighted by Crippen LogP contribution is 2.30. The highest BCUT2D eigenvalue weighted by Gasteiger charge is 2.19. The van der Waals surface area contributed by atoms with E-state index in [-0.39, 0.29) is 23.3 Å². The number of nitrogens with one attached hydrogen (secondary N) is 1. The van der Waals surface area contributed by atoms with Gasteiger partial charge in [0.05, 0.1) is 17.3 Å². The zero-order valence-electron chi connectivity index (χ0n) is 14.5. The molecule has 3 rings (SSSR count). The lowest BCUT2D eigenvalue weighted by atomic mass is 9.98. The Morgan fingerprint density at radius 2 is 2.04 bits per heavy atom. The first-order chi connectivity index (χ1) is 12.9. The van der Waals surface area contributed by atoms with Crippen molar-refractivity contribution in [1.82, 2.24) is 9.55 Å². The second kappa shape index (κ2) is 8.01. The fourth-order valence-corrected chi connectivity index (χ4v) is 3.03. The maximum Gasteiger partial charge on any atom is 0.293 e. The van der Waals surface area contributed by atoms with E-state index in [0.29, 0.717) is 11.4 Å². The first kappa shape index (κ1) is 18.6. The van der Waals surface area contributed by atoms with Gasteiger partial charge in [-0.25, -0.2) is 4.98 Å². The molecule has 0 spiro atoms. The molecule has 1 unspecified atom stereocenters. The van der Waals surface area contributed by atoms with Gasteiger partial charge in [0, 0.05) is 30.4 Å². The summed E-state index contributed by atoms with van der Waals surface area (Å²) in [5.74, 6) is -0.358. The number of carbonyl (C=O) groups excluding carboxylic acids is 1. The van der Waals surface area contributed by atoms with Crippen molar-refractivity contribution in [2.75, 3.05) is 5.32 Å². The molecule has 138 valence electrons. The molecule has 8 heteroatoms. The number of nitrogens with zero attached hydrogens (tertiary/aromatic N) is 3. The van der Waals surface area contributed by atoms with Gasteiger partial charge in [-0.05, 0) is 35.7 Å².